The van der Waals surface area contributed by atoms with E-state index in [0.29, 0.717) is 6.61 Å². The molecule has 2 heterocycles. The van der Waals surface area contributed by atoms with E-state index < -0.39 is 0 Å². The van der Waals surface area contributed by atoms with Crippen molar-refractivity contribution >= 4 is 6.08 Å². The normalized spacial score (nSPS) is 18.6. The van der Waals surface area contributed by atoms with Gasteiger partial charge in [0.15, 0.2) is 11.5 Å². The highest BCUT2D eigenvalue weighted by atomic mass is 16.7. The van der Waals surface area contributed by atoms with Crippen molar-refractivity contribution in [2.75, 3.05) is 20.5 Å². The van der Waals surface area contributed by atoms with Gasteiger partial charge in [-0.2, -0.15) is 0 Å². The fraction of sp³-hybridized carbons (Fsp3) is 0.286. The third kappa shape index (κ3) is 4.63. The summed E-state index contributed by atoms with van der Waals surface area (Å²) in [5.74, 6) is 4.42. The lowest BCUT2D eigenvalue weighted by Crippen LogP contribution is -2.25. The number of fused-ring (bicyclic) bond motifs is 2. The Labute approximate surface area is 194 Å². The van der Waals surface area contributed by atoms with Gasteiger partial charge in [-0.1, -0.05) is 36.4 Å². The summed E-state index contributed by atoms with van der Waals surface area (Å²) in [5.41, 5.74) is 3.45. The Balaban J connectivity index is 1.38. The Morgan fingerprint density at radius 2 is 1.64 bits per heavy atom. The van der Waals surface area contributed by atoms with E-state index in [9.17, 15) is 0 Å². The summed E-state index contributed by atoms with van der Waals surface area (Å²) in [6.45, 7) is 2.92. The molecule has 5 heteroatoms. The predicted molar refractivity (Wildman–Crippen MR) is 127 cm³/mol. The van der Waals surface area contributed by atoms with Gasteiger partial charge in [0, 0.05) is 12.0 Å². The summed E-state index contributed by atoms with van der Waals surface area (Å²) in [6, 6.07) is 20.3. The average Bonchev–Trinajstić information content (AvgIpc) is 3.31. The number of ether oxygens (including phenoxy) is 5. The van der Waals surface area contributed by atoms with E-state index in [2.05, 4.69) is 42.5 Å². The lowest BCUT2D eigenvalue weighted by Gasteiger charge is -2.34. The average molecular weight is 445 g/mol. The van der Waals surface area contributed by atoms with E-state index in [0.717, 1.165) is 58.3 Å². The van der Waals surface area contributed by atoms with Gasteiger partial charge in [0.05, 0.1) is 13.7 Å². The molecule has 5 rings (SSSR count). The molecular weight excluding hydrogens is 416 g/mol. The van der Waals surface area contributed by atoms with E-state index in [-0.39, 0.29) is 18.8 Å². The van der Waals surface area contributed by atoms with Crippen LogP contribution in [0.1, 0.15) is 36.1 Å². The first-order valence-corrected chi connectivity index (χ1v) is 11.4. The minimum Gasteiger partial charge on any atom is -0.497 e. The first kappa shape index (κ1) is 21.3. The molecule has 3 aromatic carbocycles. The van der Waals surface area contributed by atoms with Crippen molar-refractivity contribution in [2.45, 2.75) is 25.9 Å². The Morgan fingerprint density at radius 1 is 0.909 bits per heavy atom. The maximum Gasteiger partial charge on any atom is 0.231 e. The summed E-state index contributed by atoms with van der Waals surface area (Å²) in [7, 11) is 1.68. The van der Waals surface area contributed by atoms with Crippen molar-refractivity contribution < 1.29 is 23.7 Å². The standard InChI is InChI=1S/C28H28O5/c1-3-30-24-11-7-19(8-12-24)5-4-6-21-15-22-16-26-27(32-18-31-26)17-25(22)33-28(21)20-9-13-23(29-2)14-10-20/h4-5,7-14,16-17,21,28H,3,6,15,18H2,1-2H3/b5-4+. The molecule has 2 aliphatic rings. The lowest BCUT2D eigenvalue weighted by molar-refractivity contribution is 0.114. The van der Waals surface area contributed by atoms with Crippen LogP contribution < -0.4 is 23.7 Å². The van der Waals surface area contributed by atoms with E-state index >= 15 is 0 Å². The SMILES string of the molecule is CCOc1ccc(/C=C/CC2Cc3cc4c(cc3OC2c2ccc(OC)cc2)OCO4)cc1. The third-order valence-corrected chi connectivity index (χ3v) is 6.10. The zero-order valence-electron chi connectivity index (χ0n) is 19.0. The Kier molecular flexibility index (Phi) is 6.11. The predicted octanol–water partition coefficient (Wildman–Crippen LogP) is 6.22. The van der Waals surface area contributed by atoms with Crippen molar-refractivity contribution in [1.82, 2.24) is 0 Å². The van der Waals surface area contributed by atoms with E-state index in [1.165, 1.54) is 0 Å². The molecule has 0 aromatic heterocycles. The van der Waals surface area contributed by atoms with Crippen LogP contribution in [-0.4, -0.2) is 20.5 Å². The fourth-order valence-corrected chi connectivity index (χ4v) is 4.42. The van der Waals surface area contributed by atoms with Crippen LogP contribution in [0.25, 0.3) is 6.08 Å². The molecule has 0 saturated heterocycles. The summed E-state index contributed by atoms with van der Waals surface area (Å²) in [4.78, 5) is 0. The molecule has 3 aromatic rings. The van der Waals surface area contributed by atoms with Crippen LogP contribution >= 0.6 is 0 Å². The zero-order valence-corrected chi connectivity index (χ0v) is 19.0. The molecule has 5 nitrogen and oxygen atoms in total. The topological polar surface area (TPSA) is 46.2 Å². The van der Waals surface area contributed by atoms with Crippen LogP contribution in [0.5, 0.6) is 28.7 Å². The highest BCUT2D eigenvalue weighted by Gasteiger charge is 2.32. The Morgan fingerprint density at radius 3 is 2.36 bits per heavy atom. The molecule has 0 saturated carbocycles. The molecule has 170 valence electrons. The fourth-order valence-electron chi connectivity index (χ4n) is 4.42. The van der Waals surface area contributed by atoms with Crippen molar-refractivity contribution in [3.05, 3.63) is 83.4 Å². The van der Waals surface area contributed by atoms with Crippen molar-refractivity contribution in [1.29, 1.82) is 0 Å². The van der Waals surface area contributed by atoms with E-state index in [4.69, 9.17) is 23.7 Å². The van der Waals surface area contributed by atoms with Gasteiger partial charge in [-0.05, 0) is 66.8 Å². The van der Waals surface area contributed by atoms with Gasteiger partial charge in [-0.15, -0.1) is 0 Å². The minimum absolute atomic E-state index is 0.0613. The number of rotatable bonds is 7. The Bertz CT molecular complexity index is 1120. The third-order valence-electron chi connectivity index (χ3n) is 6.10. The molecule has 0 N–H and O–H groups in total. The first-order chi connectivity index (χ1) is 16.2. The van der Waals surface area contributed by atoms with Gasteiger partial charge in [0.2, 0.25) is 6.79 Å². The van der Waals surface area contributed by atoms with Gasteiger partial charge >= 0.3 is 0 Å². The molecule has 2 unspecified atom stereocenters. The second kappa shape index (κ2) is 9.49. The molecule has 33 heavy (non-hydrogen) atoms. The van der Waals surface area contributed by atoms with Crippen molar-refractivity contribution in [2.24, 2.45) is 5.92 Å². The highest BCUT2D eigenvalue weighted by Crippen LogP contribution is 2.46. The summed E-state index contributed by atoms with van der Waals surface area (Å²) < 4.78 is 28.6. The molecular formula is C28H28O5. The number of hydrogen-bond donors (Lipinski definition) is 0. The lowest BCUT2D eigenvalue weighted by atomic mass is 9.84. The molecule has 2 aliphatic heterocycles. The second-order valence-electron chi connectivity index (χ2n) is 8.23. The molecule has 0 radical (unpaired) electrons. The van der Waals surface area contributed by atoms with Gasteiger partial charge in [0.1, 0.15) is 23.4 Å². The first-order valence-electron chi connectivity index (χ1n) is 11.4. The molecule has 0 bridgehead atoms. The van der Waals surface area contributed by atoms with E-state index in [1.807, 2.05) is 37.3 Å². The van der Waals surface area contributed by atoms with Gasteiger partial charge in [0.25, 0.3) is 0 Å². The minimum atomic E-state index is -0.0613. The monoisotopic (exact) mass is 444 g/mol. The summed E-state index contributed by atoms with van der Waals surface area (Å²) in [6.07, 6.45) is 6.12. The van der Waals surface area contributed by atoms with Crippen LogP contribution in [-0.2, 0) is 6.42 Å². The van der Waals surface area contributed by atoms with E-state index in [1.54, 1.807) is 7.11 Å². The van der Waals surface area contributed by atoms with Crippen molar-refractivity contribution in [3.8, 4) is 28.7 Å². The molecule has 0 spiro atoms. The Hall–Kier alpha value is -3.60. The molecule has 0 amide bonds. The van der Waals surface area contributed by atoms with Crippen LogP contribution in [0.4, 0.5) is 0 Å². The number of benzene rings is 3. The second-order valence-corrected chi connectivity index (χ2v) is 8.23. The summed E-state index contributed by atoms with van der Waals surface area (Å²) >= 11 is 0. The summed E-state index contributed by atoms with van der Waals surface area (Å²) in [5, 5.41) is 0. The highest BCUT2D eigenvalue weighted by molar-refractivity contribution is 5.54. The zero-order chi connectivity index (χ0) is 22.6. The number of allylic oxidation sites excluding steroid dienone is 1. The van der Waals surface area contributed by atoms with Gasteiger partial charge in [-0.25, -0.2) is 0 Å². The van der Waals surface area contributed by atoms with Crippen LogP contribution in [0, 0.1) is 5.92 Å². The molecule has 0 aliphatic carbocycles. The largest absolute Gasteiger partial charge is 0.497 e. The smallest absolute Gasteiger partial charge is 0.231 e. The number of methoxy groups -OCH3 is 1. The quantitative estimate of drug-likeness (QED) is 0.433. The molecule has 0 fully saturated rings. The maximum atomic E-state index is 6.55. The van der Waals surface area contributed by atoms with Crippen LogP contribution in [0.3, 0.4) is 0 Å². The van der Waals surface area contributed by atoms with Gasteiger partial charge < -0.3 is 23.7 Å². The maximum absolute atomic E-state index is 6.55. The van der Waals surface area contributed by atoms with Crippen LogP contribution in [0.15, 0.2) is 66.7 Å². The number of hydrogen-bond acceptors (Lipinski definition) is 5. The molecule has 2 atom stereocenters. The van der Waals surface area contributed by atoms with Crippen LogP contribution in [0.2, 0.25) is 0 Å². The van der Waals surface area contributed by atoms with Crippen molar-refractivity contribution in [3.63, 3.8) is 0 Å². The van der Waals surface area contributed by atoms with Gasteiger partial charge in [-0.3, -0.25) is 0 Å².